The Morgan fingerprint density at radius 3 is 2.74 bits per heavy atom. The summed E-state index contributed by atoms with van der Waals surface area (Å²) in [4.78, 5) is 21.4. The molecule has 0 saturated heterocycles. The van der Waals surface area contributed by atoms with Gasteiger partial charge in [-0.1, -0.05) is 11.3 Å². The first-order chi connectivity index (χ1) is 16.7. The van der Waals surface area contributed by atoms with Crippen LogP contribution in [0.5, 0.6) is 5.75 Å². The second-order valence-corrected chi connectivity index (χ2v) is 8.50. The third kappa shape index (κ3) is 6.18. The van der Waals surface area contributed by atoms with Gasteiger partial charge in [0.2, 0.25) is 5.95 Å². The number of aromatic nitrogens is 3. The smallest absolute Gasteiger partial charge is 0.406 e. The average molecular weight is 510 g/mol. The van der Waals surface area contributed by atoms with E-state index in [1.54, 1.807) is 29.8 Å². The third-order valence-electron chi connectivity index (χ3n) is 4.94. The maximum absolute atomic E-state index is 12.5. The minimum Gasteiger partial charge on any atom is -0.406 e. The summed E-state index contributed by atoms with van der Waals surface area (Å²) in [5, 5.41) is 15.0. The Bertz CT molecular complexity index is 1340. The molecule has 35 heavy (non-hydrogen) atoms. The molecule has 0 atom stereocenters. The molecule has 186 valence electrons. The molecule has 0 fully saturated rings. The van der Waals surface area contributed by atoms with Gasteiger partial charge in [-0.25, -0.2) is 9.97 Å². The second kappa shape index (κ2) is 10.5. The van der Waals surface area contributed by atoms with Gasteiger partial charge in [-0.15, -0.1) is 13.2 Å². The van der Waals surface area contributed by atoms with Gasteiger partial charge in [0.15, 0.2) is 5.13 Å². The van der Waals surface area contributed by atoms with E-state index >= 15 is 0 Å². The molecule has 4 rings (SSSR count). The Morgan fingerprint density at radius 1 is 1.14 bits per heavy atom. The zero-order chi connectivity index (χ0) is 25.0. The summed E-state index contributed by atoms with van der Waals surface area (Å²) < 4.78 is 48.9. The number of rotatable bonds is 10. The predicted octanol–water partition coefficient (Wildman–Crippen LogP) is 3.95. The molecule has 13 heteroatoms. The van der Waals surface area contributed by atoms with Crippen LogP contribution >= 0.6 is 11.3 Å². The topological polar surface area (TPSA) is 111 Å². The second-order valence-electron chi connectivity index (χ2n) is 7.46. The Labute approximate surface area is 201 Å². The molecule has 0 spiro atoms. The molecule has 1 amide bonds. The number of nitrogens with one attached hydrogen (secondary N) is 2. The number of aliphatic hydroxyl groups is 1. The zero-order valence-corrected chi connectivity index (χ0v) is 19.4. The molecular formula is C22H22F3N5O4S. The molecular weight excluding hydrogens is 487 g/mol. The molecule has 0 aliphatic heterocycles. The zero-order valence-electron chi connectivity index (χ0n) is 18.6. The Balaban J connectivity index is 1.45. The van der Waals surface area contributed by atoms with Crippen LogP contribution in [0.3, 0.4) is 0 Å². The molecule has 2 aromatic carbocycles. The summed E-state index contributed by atoms with van der Waals surface area (Å²) in [6.07, 6.45) is -4.14. The fourth-order valence-electron chi connectivity index (χ4n) is 3.35. The largest absolute Gasteiger partial charge is 0.573 e. The van der Waals surface area contributed by atoms with Crippen LogP contribution in [-0.4, -0.2) is 58.3 Å². The summed E-state index contributed by atoms with van der Waals surface area (Å²) >= 11 is 1.16. The number of carbonyl (C=O) groups excluding carboxylic acids is 1. The molecule has 2 heterocycles. The number of imidazole rings is 1. The number of benzene rings is 2. The highest BCUT2D eigenvalue weighted by molar-refractivity contribution is 7.22. The Morgan fingerprint density at radius 2 is 1.97 bits per heavy atom. The average Bonchev–Trinajstić information content (AvgIpc) is 3.34. The number of nitrogens with zero attached hydrogens (tertiary/aromatic N) is 3. The number of hydrogen-bond donors (Lipinski definition) is 3. The minimum absolute atomic E-state index is 0.0376. The van der Waals surface area contributed by atoms with E-state index in [-0.39, 0.29) is 24.9 Å². The quantitative estimate of drug-likeness (QED) is 0.278. The van der Waals surface area contributed by atoms with E-state index in [2.05, 4.69) is 25.3 Å². The Kier molecular flexibility index (Phi) is 7.38. The van der Waals surface area contributed by atoms with E-state index in [9.17, 15) is 18.0 Å². The van der Waals surface area contributed by atoms with Gasteiger partial charge in [-0.2, -0.15) is 0 Å². The first-order valence-corrected chi connectivity index (χ1v) is 11.4. The van der Waals surface area contributed by atoms with Gasteiger partial charge in [0.25, 0.3) is 5.91 Å². The number of thiazole rings is 1. The number of anilines is 2. The molecule has 0 aliphatic carbocycles. The van der Waals surface area contributed by atoms with Gasteiger partial charge in [0.05, 0.1) is 34.5 Å². The van der Waals surface area contributed by atoms with Crippen molar-refractivity contribution in [3.8, 4) is 5.75 Å². The SMILES string of the molecule is Cn1c(Nc2nc3ccc(OC(F)(F)F)cc3s2)nc2cc(C(=O)NCCCOCCO)ccc21. The number of aliphatic hydroxyl groups excluding tert-OH is 1. The monoisotopic (exact) mass is 509 g/mol. The standard InChI is InChI=1S/C22H22F3N5O4S/c1-30-17-6-3-13(19(32)26-7-2-9-33-10-8-31)11-16(17)27-20(30)29-21-28-15-5-4-14(12-18(15)35-21)34-22(23,24)25/h3-6,11-12,31H,2,7-10H2,1H3,(H,26,32)(H,27,28,29). The molecule has 0 bridgehead atoms. The molecule has 0 unspecified atom stereocenters. The molecule has 4 aromatic rings. The van der Waals surface area contributed by atoms with Gasteiger partial charge in [-0.3, -0.25) is 4.79 Å². The van der Waals surface area contributed by atoms with E-state index in [0.717, 1.165) is 16.9 Å². The number of alkyl halides is 3. The van der Waals surface area contributed by atoms with E-state index in [0.29, 0.717) is 51.9 Å². The lowest BCUT2D eigenvalue weighted by atomic mass is 10.2. The lowest BCUT2D eigenvalue weighted by molar-refractivity contribution is -0.274. The van der Waals surface area contributed by atoms with Crippen molar-refractivity contribution in [3.05, 3.63) is 42.0 Å². The van der Waals surface area contributed by atoms with Crippen LogP contribution in [0.2, 0.25) is 0 Å². The number of carbonyl (C=O) groups is 1. The van der Waals surface area contributed by atoms with Crippen molar-refractivity contribution < 1.29 is 32.5 Å². The lowest BCUT2D eigenvalue weighted by Crippen LogP contribution is -2.25. The van der Waals surface area contributed by atoms with Crippen molar-refractivity contribution >= 4 is 49.6 Å². The van der Waals surface area contributed by atoms with Crippen LogP contribution < -0.4 is 15.4 Å². The highest BCUT2D eigenvalue weighted by Crippen LogP contribution is 2.33. The third-order valence-corrected chi connectivity index (χ3v) is 5.88. The fraction of sp³-hybridized carbons (Fsp3) is 0.318. The maximum Gasteiger partial charge on any atom is 0.573 e. The van der Waals surface area contributed by atoms with Crippen LogP contribution in [0.1, 0.15) is 16.8 Å². The summed E-state index contributed by atoms with van der Waals surface area (Å²) in [6.45, 7) is 1.11. The molecule has 0 radical (unpaired) electrons. The first-order valence-electron chi connectivity index (χ1n) is 10.6. The van der Waals surface area contributed by atoms with Crippen LogP contribution in [0, 0.1) is 0 Å². The van der Waals surface area contributed by atoms with Gasteiger partial charge in [0.1, 0.15) is 5.75 Å². The van der Waals surface area contributed by atoms with Crippen LogP contribution in [0.15, 0.2) is 36.4 Å². The van der Waals surface area contributed by atoms with E-state index in [4.69, 9.17) is 9.84 Å². The van der Waals surface area contributed by atoms with Crippen LogP contribution in [-0.2, 0) is 11.8 Å². The summed E-state index contributed by atoms with van der Waals surface area (Å²) in [5.74, 6) is -0.0897. The van der Waals surface area contributed by atoms with Gasteiger partial charge in [0, 0.05) is 31.8 Å². The van der Waals surface area contributed by atoms with Gasteiger partial charge < -0.3 is 29.8 Å². The van der Waals surface area contributed by atoms with Crippen molar-refractivity contribution in [1.82, 2.24) is 19.9 Å². The lowest BCUT2D eigenvalue weighted by Gasteiger charge is -2.07. The van der Waals surface area contributed by atoms with Crippen molar-refractivity contribution in [3.63, 3.8) is 0 Å². The molecule has 0 aliphatic rings. The first kappa shape index (κ1) is 24.7. The number of halogens is 3. The van der Waals surface area contributed by atoms with Crippen LogP contribution in [0.4, 0.5) is 24.3 Å². The van der Waals surface area contributed by atoms with Gasteiger partial charge >= 0.3 is 6.36 Å². The minimum atomic E-state index is -4.77. The predicted molar refractivity (Wildman–Crippen MR) is 125 cm³/mol. The highest BCUT2D eigenvalue weighted by Gasteiger charge is 2.31. The van der Waals surface area contributed by atoms with Gasteiger partial charge in [-0.05, 0) is 36.8 Å². The molecule has 3 N–H and O–H groups in total. The molecule has 2 aromatic heterocycles. The van der Waals surface area contributed by atoms with E-state index in [1.807, 2.05) is 0 Å². The molecule has 0 saturated carbocycles. The van der Waals surface area contributed by atoms with Crippen molar-refractivity contribution in [2.75, 3.05) is 31.7 Å². The Hall–Kier alpha value is -3.42. The maximum atomic E-state index is 12.5. The number of aryl methyl sites for hydroxylation is 1. The summed E-state index contributed by atoms with van der Waals surface area (Å²) in [6, 6.07) is 9.11. The van der Waals surface area contributed by atoms with E-state index in [1.165, 1.54) is 18.2 Å². The van der Waals surface area contributed by atoms with Crippen molar-refractivity contribution in [2.45, 2.75) is 12.8 Å². The summed E-state index contributed by atoms with van der Waals surface area (Å²) in [5.41, 5.74) is 2.35. The highest BCUT2D eigenvalue weighted by atomic mass is 32.1. The number of hydrogen-bond acceptors (Lipinski definition) is 8. The van der Waals surface area contributed by atoms with Crippen molar-refractivity contribution in [1.29, 1.82) is 0 Å². The van der Waals surface area contributed by atoms with E-state index < -0.39 is 6.36 Å². The van der Waals surface area contributed by atoms with Crippen molar-refractivity contribution in [2.24, 2.45) is 7.05 Å². The number of amides is 1. The molecule has 9 nitrogen and oxygen atoms in total. The number of fused-ring (bicyclic) bond motifs is 2. The number of ether oxygens (including phenoxy) is 2. The summed E-state index contributed by atoms with van der Waals surface area (Å²) in [7, 11) is 1.80. The van der Waals surface area contributed by atoms with Crippen LogP contribution in [0.25, 0.3) is 21.3 Å². The fourth-order valence-corrected chi connectivity index (χ4v) is 4.24. The normalized spacial score (nSPS) is 11.8.